The van der Waals surface area contributed by atoms with E-state index in [0.29, 0.717) is 5.56 Å². The first-order valence-electron chi connectivity index (χ1n) is 5.52. The molecule has 0 bridgehead atoms. The van der Waals surface area contributed by atoms with Gasteiger partial charge in [-0.1, -0.05) is 6.58 Å². The van der Waals surface area contributed by atoms with Crippen LogP contribution in [0.3, 0.4) is 0 Å². The fourth-order valence-corrected chi connectivity index (χ4v) is 2.11. The first-order valence-corrected chi connectivity index (χ1v) is 5.52. The number of nitrogens with one attached hydrogen (secondary N) is 1. The Balaban J connectivity index is 2.06. The SMILES string of the molecule is C=C1O[C@@H](n2cc(C)c(=O)[nH]c2=O)[C@H]2OC(=O)OC12. The molecule has 0 amide bonds. The first kappa shape index (κ1) is 11.6. The molecule has 1 aromatic heterocycles. The summed E-state index contributed by atoms with van der Waals surface area (Å²) in [7, 11) is 0. The van der Waals surface area contributed by atoms with Gasteiger partial charge < -0.3 is 14.2 Å². The number of hydrogen-bond acceptors (Lipinski definition) is 6. The van der Waals surface area contributed by atoms with Crippen molar-refractivity contribution in [2.24, 2.45) is 0 Å². The molecule has 100 valence electrons. The largest absolute Gasteiger partial charge is 0.509 e. The summed E-state index contributed by atoms with van der Waals surface area (Å²) in [5.41, 5.74) is -0.797. The van der Waals surface area contributed by atoms with Crippen molar-refractivity contribution >= 4 is 6.16 Å². The molecule has 8 heteroatoms. The summed E-state index contributed by atoms with van der Waals surface area (Å²) in [6.07, 6.45) is -1.92. The number of ether oxygens (including phenoxy) is 3. The lowest BCUT2D eigenvalue weighted by Gasteiger charge is -2.17. The molecule has 1 N–H and O–H groups in total. The van der Waals surface area contributed by atoms with Gasteiger partial charge in [0.2, 0.25) is 18.4 Å². The Hall–Kier alpha value is -2.51. The Morgan fingerprint density at radius 3 is 2.74 bits per heavy atom. The number of carbonyl (C=O) groups excluding carboxylic acids is 1. The van der Waals surface area contributed by atoms with Crippen LogP contribution in [0.25, 0.3) is 0 Å². The van der Waals surface area contributed by atoms with Crippen molar-refractivity contribution in [1.82, 2.24) is 9.55 Å². The number of aromatic amines is 1. The number of fused-ring (bicyclic) bond motifs is 1. The third-order valence-electron chi connectivity index (χ3n) is 3.04. The molecule has 0 aliphatic carbocycles. The molecule has 2 saturated heterocycles. The van der Waals surface area contributed by atoms with Gasteiger partial charge in [0.25, 0.3) is 5.56 Å². The van der Waals surface area contributed by atoms with E-state index in [-0.39, 0.29) is 5.76 Å². The smallest absolute Gasteiger partial charge is 0.467 e. The van der Waals surface area contributed by atoms with Gasteiger partial charge in [0.15, 0.2) is 0 Å². The molecule has 19 heavy (non-hydrogen) atoms. The minimum Gasteiger partial charge on any atom is -0.467 e. The number of H-pyrrole nitrogens is 1. The molecule has 0 aromatic carbocycles. The molecule has 0 spiro atoms. The van der Waals surface area contributed by atoms with E-state index < -0.39 is 35.8 Å². The molecule has 2 aliphatic rings. The van der Waals surface area contributed by atoms with E-state index in [1.807, 2.05) is 0 Å². The highest BCUT2D eigenvalue weighted by Crippen LogP contribution is 2.38. The van der Waals surface area contributed by atoms with Crippen molar-refractivity contribution in [2.45, 2.75) is 25.4 Å². The standard InChI is InChI=1S/C11H10N2O6/c1-4-3-13(10(15)12-8(4)14)9-7-6(5(2)17-9)18-11(16)19-7/h3,6-7,9H,2H2,1H3,(H,12,14,15)/t6?,7-,9+/m0/s1. The van der Waals surface area contributed by atoms with E-state index in [1.54, 1.807) is 6.92 Å². The summed E-state index contributed by atoms with van der Waals surface area (Å²) in [6.45, 7) is 5.16. The van der Waals surface area contributed by atoms with Crippen molar-refractivity contribution < 1.29 is 19.0 Å². The summed E-state index contributed by atoms with van der Waals surface area (Å²) >= 11 is 0. The van der Waals surface area contributed by atoms with Crippen LogP contribution in [0.5, 0.6) is 0 Å². The Kier molecular flexibility index (Phi) is 2.28. The summed E-state index contributed by atoms with van der Waals surface area (Å²) in [4.78, 5) is 36.3. The molecule has 3 heterocycles. The molecule has 1 unspecified atom stereocenters. The maximum absolute atomic E-state index is 11.8. The molecule has 3 rings (SSSR count). The van der Waals surface area contributed by atoms with Crippen LogP contribution < -0.4 is 11.2 Å². The van der Waals surface area contributed by atoms with E-state index in [9.17, 15) is 14.4 Å². The normalized spacial score (nSPS) is 28.6. The lowest BCUT2D eigenvalue weighted by Crippen LogP contribution is -2.37. The number of nitrogens with zero attached hydrogens (tertiary/aromatic N) is 1. The fraction of sp³-hybridized carbons (Fsp3) is 0.364. The van der Waals surface area contributed by atoms with Gasteiger partial charge in [-0.2, -0.15) is 0 Å². The van der Waals surface area contributed by atoms with Crippen molar-refractivity contribution in [3.8, 4) is 0 Å². The summed E-state index contributed by atoms with van der Waals surface area (Å²) in [5.74, 6) is 0.205. The molecular formula is C11H10N2O6. The third-order valence-corrected chi connectivity index (χ3v) is 3.04. The van der Waals surface area contributed by atoms with E-state index in [1.165, 1.54) is 6.20 Å². The van der Waals surface area contributed by atoms with Crippen LogP contribution in [-0.4, -0.2) is 27.9 Å². The minimum atomic E-state index is -0.896. The summed E-state index contributed by atoms with van der Waals surface area (Å²) < 4.78 is 16.3. The molecule has 1 aromatic rings. The number of carbonyl (C=O) groups is 1. The second-order valence-corrected chi connectivity index (χ2v) is 4.32. The number of aromatic nitrogens is 2. The van der Waals surface area contributed by atoms with Crippen molar-refractivity contribution in [3.05, 3.63) is 44.9 Å². The predicted molar refractivity (Wildman–Crippen MR) is 60.5 cm³/mol. The van der Waals surface area contributed by atoms with E-state index in [4.69, 9.17) is 14.2 Å². The second-order valence-electron chi connectivity index (χ2n) is 4.32. The highest BCUT2D eigenvalue weighted by atomic mass is 16.8. The van der Waals surface area contributed by atoms with Crippen LogP contribution in [-0.2, 0) is 14.2 Å². The van der Waals surface area contributed by atoms with Crippen LogP contribution >= 0.6 is 0 Å². The Bertz CT molecular complexity index is 687. The zero-order valence-corrected chi connectivity index (χ0v) is 9.91. The minimum absolute atomic E-state index is 0.205. The van der Waals surface area contributed by atoms with Crippen LogP contribution in [0, 0.1) is 6.92 Å². The highest BCUT2D eigenvalue weighted by molar-refractivity contribution is 5.63. The summed E-state index contributed by atoms with van der Waals surface area (Å²) in [6, 6.07) is 0. The first-order chi connectivity index (χ1) is 8.97. The van der Waals surface area contributed by atoms with Gasteiger partial charge in [0.05, 0.1) is 0 Å². The van der Waals surface area contributed by atoms with Crippen molar-refractivity contribution in [3.63, 3.8) is 0 Å². The average Bonchev–Trinajstić information content (AvgIpc) is 2.84. The Labute approximate surface area is 106 Å². The van der Waals surface area contributed by atoms with Crippen LogP contribution in [0.2, 0.25) is 0 Å². The number of hydrogen-bond donors (Lipinski definition) is 1. The highest BCUT2D eigenvalue weighted by Gasteiger charge is 2.52. The van der Waals surface area contributed by atoms with E-state index in [2.05, 4.69) is 11.6 Å². The lowest BCUT2D eigenvalue weighted by molar-refractivity contribution is 0.000427. The van der Waals surface area contributed by atoms with Crippen molar-refractivity contribution in [1.29, 1.82) is 0 Å². The molecule has 3 atom stereocenters. The zero-order chi connectivity index (χ0) is 13.7. The fourth-order valence-electron chi connectivity index (χ4n) is 2.11. The maximum atomic E-state index is 11.8. The molecule has 8 nitrogen and oxygen atoms in total. The molecule has 2 aliphatic heterocycles. The number of aryl methyl sites for hydroxylation is 1. The van der Waals surface area contributed by atoms with Gasteiger partial charge in [-0.05, 0) is 6.92 Å². The lowest BCUT2D eigenvalue weighted by atomic mass is 10.2. The second kappa shape index (κ2) is 3.74. The van der Waals surface area contributed by atoms with Crippen LogP contribution in [0.15, 0.2) is 28.1 Å². The van der Waals surface area contributed by atoms with Crippen LogP contribution in [0.1, 0.15) is 11.8 Å². The Morgan fingerprint density at radius 1 is 1.26 bits per heavy atom. The monoisotopic (exact) mass is 266 g/mol. The van der Waals surface area contributed by atoms with E-state index >= 15 is 0 Å². The molecule has 0 saturated carbocycles. The zero-order valence-electron chi connectivity index (χ0n) is 9.91. The maximum Gasteiger partial charge on any atom is 0.509 e. The van der Waals surface area contributed by atoms with Gasteiger partial charge in [-0.25, -0.2) is 9.59 Å². The van der Waals surface area contributed by atoms with Gasteiger partial charge in [-0.15, -0.1) is 0 Å². The molecule has 2 fully saturated rings. The molecule has 0 radical (unpaired) electrons. The average molecular weight is 266 g/mol. The quantitative estimate of drug-likeness (QED) is 0.706. The van der Waals surface area contributed by atoms with Gasteiger partial charge in [0.1, 0.15) is 5.76 Å². The van der Waals surface area contributed by atoms with E-state index in [0.717, 1.165) is 4.57 Å². The van der Waals surface area contributed by atoms with Gasteiger partial charge in [-0.3, -0.25) is 14.3 Å². The van der Waals surface area contributed by atoms with Crippen molar-refractivity contribution in [2.75, 3.05) is 0 Å². The predicted octanol–water partition coefficient (Wildman–Crippen LogP) is -0.208. The van der Waals surface area contributed by atoms with Crippen LogP contribution in [0.4, 0.5) is 4.79 Å². The number of rotatable bonds is 1. The molecular weight excluding hydrogens is 256 g/mol. The Morgan fingerprint density at radius 2 is 2.00 bits per heavy atom. The van der Waals surface area contributed by atoms with Gasteiger partial charge in [0, 0.05) is 11.8 Å². The third kappa shape index (κ3) is 1.64. The topological polar surface area (TPSA) is 99.6 Å². The van der Waals surface area contributed by atoms with Gasteiger partial charge >= 0.3 is 11.8 Å². The summed E-state index contributed by atoms with van der Waals surface area (Å²) in [5, 5.41) is 0.